The molecule has 1 atom stereocenters. The molecule has 1 aliphatic rings. The van der Waals surface area contributed by atoms with Gasteiger partial charge in [-0.05, 0) is 37.7 Å². The van der Waals surface area contributed by atoms with Crippen LogP contribution < -0.4 is 4.90 Å². The molecule has 4 nitrogen and oxygen atoms in total. The zero-order valence-corrected chi connectivity index (χ0v) is 12.0. The fourth-order valence-electron chi connectivity index (χ4n) is 2.90. The number of hydrogen-bond donors (Lipinski definition) is 1. The molecule has 0 aliphatic carbocycles. The summed E-state index contributed by atoms with van der Waals surface area (Å²) in [5.74, 6) is -1.55. The molecule has 1 unspecified atom stereocenters. The van der Waals surface area contributed by atoms with Crippen molar-refractivity contribution in [2.24, 2.45) is 0 Å². The van der Waals surface area contributed by atoms with Gasteiger partial charge in [-0.15, -0.1) is 0 Å². The van der Waals surface area contributed by atoms with Gasteiger partial charge in [-0.25, -0.2) is 9.18 Å². The second-order valence-corrected chi connectivity index (χ2v) is 5.08. The van der Waals surface area contributed by atoms with E-state index in [-0.39, 0.29) is 5.56 Å². The predicted molar refractivity (Wildman–Crippen MR) is 76.9 cm³/mol. The number of likely N-dealkylation sites (N-methyl/N-ethyl adjacent to an activating group) is 1. The maximum absolute atomic E-state index is 14.0. The van der Waals surface area contributed by atoms with E-state index in [1.54, 1.807) is 6.07 Å². The van der Waals surface area contributed by atoms with Crippen molar-refractivity contribution in [1.29, 1.82) is 0 Å². The molecule has 5 heteroatoms. The number of anilines is 1. The summed E-state index contributed by atoms with van der Waals surface area (Å²) < 4.78 is 14.0. The zero-order chi connectivity index (χ0) is 14.7. The summed E-state index contributed by atoms with van der Waals surface area (Å²) in [7, 11) is 0. The Morgan fingerprint density at radius 2 is 2.15 bits per heavy atom. The highest BCUT2D eigenvalue weighted by atomic mass is 19.1. The van der Waals surface area contributed by atoms with E-state index in [0.29, 0.717) is 11.7 Å². The van der Waals surface area contributed by atoms with Gasteiger partial charge in [0, 0.05) is 19.1 Å². The minimum atomic E-state index is -1.10. The first-order chi connectivity index (χ1) is 9.56. The lowest BCUT2D eigenvalue weighted by atomic mass is 10.2. The number of halogens is 1. The van der Waals surface area contributed by atoms with Crippen molar-refractivity contribution in [3.8, 4) is 0 Å². The van der Waals surface area contributed by atoms with Crippen LogP contribution in [-0.2, 0) is 0 Å². The second kappa shape index (κ2) is 6.22. The Kier molecular flexibility index (Phi) is 4.60. The molecule has 1 heterocycles. The molecule has 110 valence electrons. The van der Waals surface area contributed by atoms with E-state index >= 15 is 0 Å². The van der Waals surface area contributed by atoms with Crippen LogP contribution in [0.5, 0.6) is 0 Å². The topological polar surface area (TPSA) is 43.8 Å². The van der Waals surface area contributed by atoms with Crippen molar-refractivity contribution in [3.63, 3.8) is 0 Å². The lowest BCUT2D eigenvalue weighted by Crippen LogP contribution is -2.37. The van der Waals surface area contributed by atoms with Crippen LogP contribution in [0.1, 0.15) is 30.6 Å². The molecule has 0 bridgehead atoms. The smallest absolute Gasteiger partial charge is 0.335 e. The fourth-order valence-corrected chi connectivity index (χ4v) is 2.90. The predicted octanol–water partition coefficient (Wildman–Crippen LogP) is 2.44. The van der Waals surface area contributed by atoms with Gasteiger partial charge < -0.3 is 10.0 Å². The summed E-state index contributed by atoms with van der Waals surface area (Å²) in [4.78, 5) is 15.2. The standard InChI is InChI=1S/C15H21FN2O2/c1-3-17(4-2)12-7-8-18(10-12)14-6-5-11(15(19)20)9-13(14)16/h5-6,9,12H,3-4,7-8,10H2,1-2H3,(H,19,20). The van der Waals surface area contributed by atoms with E-state index in [9.17, 15) is 9.18 Å². The van der Waals surface area contributed by atoms with E-state index in [1.165, 1.54) is 6.07 Å². The average molecular weight is 280 g/mol. The molecule has 1 saturated heterocycles. The third-order valence-electron chi connectivity index (χ3n) is 4.03. The minimum Gasteiger partial charge on any atom is -0.478 e. The van der Waals surface area contributed by atoms with Gasteiger partial charge in [0.05, 0.1) is 11.3 Å². The number of nitrogens with zero attached hydrogens (tertiary/aromatic N) is 2. The molecule has 1 aliphatic heterocycles. The Morgan fingerprint density at radius 3 is 2.70 bits per heavy atom. The highest BCUT2D eigenvalue weighted by molar-refractivity contribution is 5.88. The Morgan fingerprint density at radius 1 is 1.45 bits per heavy atom. The molecule has 0 amide bonds. The molecule has 2 rings (SSSR count). The Balaban J connectivity index is 2.12. The molecular weight excluding hydrogens is 259 g/mol. The van der Waals surface area contributed by atoms with E-state index in [4.69, 9.17) is 5.11 Å². The highest BCUT2D eigenvalue weighted by Crippen LogP contribution is 2.26. The number of carbonyl (C=O) groups is 1. The molecule has 0 spiro atoms. The molecule has 1 aromatic rings. The van der Waals surface area contributed by atoms with E-state index < -0.39 is 11.8 Å². The summed E-state index contributed by atoms with van der Waals surface area (Å²) in [5.41, 5.74) is 0.496. The molecule has 1 aromatic carbocycles. The summed E-state index contributed by atoms with van der Waals surface area (Å²) in [6, 6.07) is 4.58. The van der Waals surface area contributed by atoms with Crippen LogP contribution in [0.25, 0.3) is 0 Å². The molecular formula is C15H21FN2O2. The lowest BCUT2D eigenvalue weighted by Gasteiger charge is -2.26. The maximum atomic E-state index is 14.0. The quantitative estimate of drug-likeness (QED) is 0.899. The first-order valence-corrected chi connectivity index (χ1v) is 7.08. The number of rotatable bonds is 5. The normalized spacial score (nSPS) is 18.8. The van der Waals surface area contributed by atoms with Crippen molar-refractivity contribution in [2.45, 2.75) is 26.3 Å². The second-order valence-electron chi connectivity index (χ2n) is 5.08. The molecule has 1 N–H and O–H groups in total. The zero-order valence-electron chi connectivity index (χ0n) is 12.0. The van der Waals surface area contributed by atoms with Gasteiger partial charge in [0.1, 0.15) is 5.82 Å². The van der Waals surface area contributed by atoms with E-state index in [0.717, 1.165) is 38.7 Å². The van der Waals surface area contributed by atoms with Crippen molar-refractivity contribution >= 4 is 11.7 Å². The summed E-state index contributed by atoms with van der Waals surface area (Å²) in [6.45, 7) is 7.86. The summed E-state index contributed by atoms with van der Waals surface area (Å²) >= 11 is 0. The molecule has 0 radical (unpaired) electrons. The van der Waals surface area contributed by atoms with E-state index in [1.807, 2.05) is 4.90 Å². The molecule has 0 saturated carbocycles. The van der Waals surface area contributed by atoms with Gasteiger partial charge in [-0.1, -0.05) is 13.8 Å². The third-order valence-corrected chi connectivity index (χ3v) is 4.03. The van der Waals surface area contributed by atoms with Crippen LogP contribution in [0.3, 0.4) is 0 Å². The Labute approximate surface area is 118 Å². The average Bonchev–Trinajstić information content (AvgIpc) is 2.89. The van der Waals surface area contributed by atoms with Crippen molar-refractivity contribution < 1.29 is 14.3 Å². The summed E-state index contributed by atoms with van der Waals surface area (Å²) in [6.07, 6.45) is 1.02. The van der Waals surface area contributed by atoms with Crippen LogP contribution in [0.15, 0.2) is 18.2 Å². The van der Waals surface area contributed by atoms with Gasteiger partial charge in [0.15, 0.2) is 0 Å². The number of hydrogen-bond acceptors (Lipinski definition) is 3. The minimum absolute atomic E-state index is 0.00857. The van der Waals surface area contributed by atoms with Crippen molar-refractivity contribution in [2.75, 3.05) is 31.1 Å². The van der Waals surface area contributed by atoms with Crippen LogP contribution in [0, 0.1) is 5.82 Å². The first kappa shape index (κ1) is 14.8. The van der Waals surface area contributed by atoms with Crippen molar-refractivity contribution in [1.82, 2.24) is 4.90 Å². The van der Waals surface area contributed by atoms with Gasteiger partial charge in [-0.3, -0.25) is 4.90 Å². The van der Waals surface area contributed by atoms with Crippen LogP contribution in [0.4, 0.5) is 10.1 Å². The lowest BCUT2D eigenvalue weighted by molar-refractivity contribution is 0.0696. The Hall–Kier alpha value is -1.62. The van der Waals surface area contributed by atoms with Gasteiger partial charge in [0.2, 0.25) is 0 Å². The third kappa shape index (κ3) is 2.93. The number of carboxylic acids is 1. The van der Waals surface area contributed by atoms with E-state index in [2.05, 4.69) is 18.7 Å². The maximum Gasteiger partial charge on any atom is 0.335 e. The molecule has 0 aromatic heterocycles. The highest BCUT2D eigenvalue weighted by Gasteiger charge is 2.27. The number of aromatic carboxylic acids is 1. The molecule has 1 fully saturated rings. The first-order valence-electron chi connectivity index (χ1n) is 7.08. The fraction of sp³-hybridized carbons (Fsp3) is 0.533. The van der Waals surface area contributed by atoms with Crippen molar-refractivity contribution in [3.05, 3.63) is 29.6 Å². The SMILES string of the molecule is CCN(CC)C1CCN(c2ccc(C(=O)O)cc2F)C1. The number of carboxylic acid groups (broad SMARTS) is 1. The van der Waals surface area contributed by atoms with Gasteiger partial charge in [-0.2, -0.15) is 0 Å². The Bertz CT molecular complexity index is 489. The monoisotopic (exact) mass is 280 g/mol. The van der Waals surface area contributed by atoms with Crippen LogP contribution >= 0.6 is 0 Å². The van der Waals surface area contributed by atoms with Crippen LogP contribution in [0.2, 0.25) is 0 Å². The summed E-state index contributed by atoms with van der Waals surface area (Å²) in [5, 5.41) is 8.86. The number of benzene rings is 1. The van der Waals surface area contributed by atoms with Crippen LogP contribution in [-0.4, -0.2) is 48.2 Å². The van der Waals surface area contributed by atoms with Gasteiger partial charge in [0.25, 0.3) is 0 Å². The van der Waals surface area contributed by atoms with Gasteiger partial charge >= 0.3 is 5.97 Å². The largest absolute Gasteiger partial charge is 0.478 e. The molecule has 20 heavy (non-hydrogen) atoms.